The van der Waals surface area contributed by atoms with Gasteiger partial charge in [0.25, 0.3) is 0 Å². The van der Waals surface area contributed by atoms with E-state index in [1.807, 2.05) is 24.3 Å². The first-order valence-corrected chi connectivity index (χ1v) is 7.21. The predicted octanol–water partition coefficient (Wildman–Crippen LogP) is 3.95. The molecule has 0 saturated heterocycles. The van der Waals surface area contributed by atoms with E-state index in [9.17, 15) is 15.0 Å². The van der Waals surface area contributed by atoms with Crippen molar-refractivity contribution >= 4 is 17.9 Å². The number of aldehydes is 1. The van der Waals surface area contributed by atoms with E-state index in [2.05, 4.69) is 0 Å². The molecule has 4 heteroatoms. The third kappa shape index (κ3) is 2.00. The number of halogens is 1. The standard InChI is InChI=1S/C17H15ClO3/c1-9-15-11(10-4-2-3-5-14(10)18)6-7-12(15)13(8-19)17(21)16(9)20/h2-5,8,11,20-21H,6-7H2,1H3. The van der Waals surface area contributed by atoms with Crippen molar-refractivity contribution in [2.24, 2.45) is 0 Å². The maximum absolute atomic E-state index is 11.3. The van der Waals surface area contributed by atoms with Gasteiger partial charge in [-0.05, 0) is 48.1 Å². The first-order valence-electron chi connectivity index (χ1n) is 6.83. The number of benzene rings is 2. The van der Waals surface area contributed by atoms with Crippen LogP contribution in [0.25, 0.3) is 0 Å². The highest BCUT2D eigenvalue weighted by Gasteiger charge is 2.32. The molecule has 21 heavy (non-hydrogen) atoms. The highest BCUT2D eigenvalue weighted by molar-refractivity contribution is 6.31. The summed E-state index contributed by atoms with van der Waals surface area (Å²) in [7, 11) is 0. The Morgan fingerprint density at radius 1 is 1.24 bits per heavy atom. The molecular formula is C17H15ClO3. The lowest BCUT2D eigenvalue weighted by molar-refractivity contribution is 0.111. The van der Waals surface area contributed by atoms with Gasteiger partial charge >= 0.3 is 0 Å². The van der Waals surface area contributed by atoms with E-state index in [4.69, 9.17) is 11.6 Å². The van der Waals surface area contributed by atoms with E-state index in [0.29, 0.717) is 23.3 Å². The molecule has 1 unspecified atom stereocenters. The maximum atomic E-state index is 11.3. The molecule has 0 bridgehead atoms. The minimum Gasteiger partial charge on any atom is -0.504 e. The largest absolute Gasteiger partial charge is 0.504 e. The van der Waals surface area contributed by atoms with Gasteiger partial charge in [-0.15, -0.1) is 0 Å². The summed E-state index contributed by atoms with van der Waals surface area (Å²) in [6, 6.07) is 7.60. The van der Waals surface area contributed by atoms with Gasteiger partial charge < -0.3 is 10.2 Å². The van der Waals surface area contributed by atoms with Crippen molar-refractivity contribution < 1.29 is 15.0 Å². The van der Waals surface area contributed by atoms with Crippen molar-refractivity contribution in [3.05, 3.63) is 57.1 Å². The van der Waals surface area contributed by atoms with Gasteiger partial charge in [-0.3, -0.25) is 4.79 Å². The van der Waals surface area contributed by atoms with Gasteiger partial charge in [-0.25, -0.2) is 0 Å². The van der Waals surface area contributed by atoms with Crippen molar-refractivity contribution in [2.45, 2.75) is 25.7 Å². The summed E-state index contributed by atoms with van der Waals surface area (Å²) in [6.07, 6.45) is 2.11. The Balaban J connectivity index is 2.26. The van der Waals surface area contributed by atoms with Crippen molar-refractivity contribution in [3.8, 4) is 11.5 Å². The molecule has 108 valence electrons. The molecule has 0 radical (unpaired) electrons. The lowest BCUT2D eigenvalue weighted by Gasteiger charge is -2.18. The third-order valence-electron chi connectivity index (χ3n) is 4.32. The van der Waals surface area contributed by atoms with Crippen LogP contribution in [0.5, 0.6) is 11.5 Å². The van der Waals surface area contributed by atoms with Gasteiger partial charge in [-0.1, -0.05) is 29.8 Å². The monoisotopic (exact) mass is 302 g/mol. The summed E-state index contributed by atoms with van der Waals surface area (Å²) in [5.41, 5.74) is 3.55. The molecule has 3 rings (SSSR count). The molecule has 0 saturated carbocycles. The number of rotatable bonds is 2. The van der Waals surface area contributed by atoms with Gasteiger partial charge in [0.2, 0.25) is 0 Å². The summed E-state index contributed by atoms with van der Waals surface area (Å²) in [6.45, 7) is 1.76. The van der Waals surface area contributed by atoms with Gasteiger partial charge in [0.1, 0.15) is 0 Å². The maximum Gasteiger partial charge on any atom is 0.168 e. The molecule has 2 aromatic rings. The number of phenolic OH excluding ortho intramolecular Hbond substituents is 2. The summed E-state index contributed by atoms with van der Waals surface area (Å²) in [5, 5.41) is 20.7. The van der Waals surface area contributed by atoms with Crippen molar-refractivity contribution in [2.75, 3.05) is 0 Å². The van der Waals surface area contributed by atoms with Crippen LogP contribution in [0.15, 0.2) is 24.3 Å². The Labute approximate surface area is 127 Å². The predicted molar refractivity (Wildman–Crippen MR) is 81.5 cm³/mol. The minimum atomic E-state index is -0.318. The SMILES string of the molecule is Cc1c(O)c(O)c(C=O)c2c1C(c1ccccc1Cl)CC2. The molecule has 3 nitrogen and oxygen atoms in total. The number of fused-ring (bicyclic) bond motifs is 1. The van der Waals surface area contributed by atoms with E-state index < -0.39 is 0 Å². The van der Waals surface area contributed by atoms with Crippen molar-refractivity contribution in [1.82, 2.24) is 0 Å². The quantitative estimate of drug-likeness (QED) is 0.652. The molecule has 1 atom stereocenters. The van der Waals surface area contributed by atoms with E-state index in [0.717, 1.165) is 23.1 Å². The lowest BCUT2D eigenvalue weighted by atomic mass is 9.88. The molecular weight excluding hydrogens is 288 g/mol. The second-order valence-electron chi connectivity index (χ2n) is 5.36. The smallest absolute Gasteiger partial charge is 0.168 e. The van der Waals surface area contributed by atoms with Gasteiger partial charge in [-0.2, -0.15) is 0 Å². The van der Waals surface area contributed by atoms with E-state index in [1.54, 1.807) is 6.92 Å². The van der Waals surface area contributed by atoms with Crippen LogP contribution < -0.4 is 0 Å². The first-order chi connectivity index (χ1) is 10.1. The number of phenols is 2. The second-order valence-corrected chi connectivity index (χ2v) is 5.77. The zero-order valence-electron chi connectivity index (χ0n) is 11.6. The zero-order chi connectivity index (χ0) is 15.1. The van der Waals surface area contributed by atoms with Crippen LogP contribution >= 0.6 is 11.6 Å². The molecule has 0 amide bonds. The van der Waals surface area contributed by atoms with Crippen LogP contribution in [0.4, 0.5) is 0 Å². The molecule has 0 spiro atoms. The summed E-state index contributed by atoms with van der Waals surface area (Å²) >= 11 is 6.29. The average Bonchev–Trinajstić information content (AvgIpc) is 2.90. The van der Waals surface area contributed by atoms with Crippen LogP contribution in [0.2, 0.25) is 5.02 Å². The molecule has 2 aromatic carbocycles. The second kappa shape index (κ2) is 5.08. The minimum absolute atomic E-state index is 0.0406. The normalized spacial score (nSPS) is 16.8. The summed E-state index contributed by atoms with van der Waals surface area (Å²) in [5.74, 6) is -0.491. The highest BCUT2D eigenvalue weighted by atomic mass is 35.5. The lowest BCUT2D eigenvalue weighted by Crippen LogP contribution is -2.02. The van der Waals surface area contributed by atoms with Gasteiger partial charge in [0.05, 0.1) is 5.56 Å². The molecule has 1 aliphatic rings. The Morgan fingerprint density at radius 2 is 1.95 bits per heavy atom. The molecule has 0 aliphatic heterocycles. The fourth-order valence-electron chi connectivity index (χ4n) is 3.32. The van der Waals surface area contributed by atoms with Crippen LogP contribution in [0.1, 0.15) is 45.0 Å². The van der Waals surface area contributed by atoms with E-state index in [1.165, 1.54) is 0 Å². The van der Waals surface area contributed by atoms with E-state index in [-0.39, 0.29) is 23.0 Å². The van der Waals surface area contributed by atoms with E-state index >= 15 is 0 Å². The van der Waals surface area contributed by atoms with Crippen LogP contribution in [0, 0.1) is 6.92 Å². The summed E-state index contributed by atoms with van der Waals surface area (Å²) < 4.78 is 0. The third-order valence-corrected chi connectivity index (χ3v) is 4.66. The van der Waals surface area contributed by atoms with Crippen LogP contribution in [0.3, 0.4) is 0 Å². The fourth-order valence-corrected chi connectivity index (χ4v) is 3.58. The number of aromatic hydroxyl groups is 2. The Bertz CT molecular complexity index is 737. The number of hydrogen-bond donors (Lipinski definition) is 2. The van der Waals surface area contributed by atoms with Gasteiger partial charge in [0, 0.05) is 10.9 Å². The molecule has 1 aliphatic carbocycles. The number of hydrogen-bond acceptors (Lipinski definition) is 3. The number of carbonyl (C=O) groups is 1. The number of carbonyl (C=O) groups excluding carboxylic acids is 1. The first kappa shape index (κ1) is 14.0. The van der Waals surface area contributed by atoms with Crippen LogP contribution in [-0.2, 0) is 6.42 Å². The molecule has 2 N–H and O–H groups in total. The molecule has 0 aromatic heterocycles. The average molecular weight is 303 g/mol. The van der Waals surface area contributed by atoms with Crippen molar-refractivity contribution in [1.29, 1.82) is 0 Å². The Hall–Kier alpha value is -2.00. The van der Waals surface area contributed by atoms with Gasteiger partial charge in [0.15, 0.2) is 17.8 Å². The Morgan fingerprint density at radius 3 is 2.62 bits per heavy atom. The zero-order valence-corrected chi connectivity index (χ0v) is 12.3. The van der Waals surface area contributed by atoms with Crippen molar-refractivity contribution in [3.63, 3.8) is 0 Å². The molecule has 0 heterocycles. The Kier molecular flexibility index (Phi) is 3.38. The fraction of sp³-hybridized carbons (Fsp3) is 0.235. The summed E-state index contributed by atoms with van der Waals surface area (Å²) in [4.78, 5) is 11.3. The highest BCUT2D eigenvalue weighted by Crippen LogP contribution is 2.48. The molecule has 0 fully saturated rings. The van der Waals surface area contributed by atoms with Crippen LogP contribution in [-0.4, -0.2) is 16.5 Å². The topological polar surface area (TPSA) is 57.5 Å².